The minimum Gasteiger partial charge on any atom is -0.759 e. The van der Waals surface area contributed by atoms with E-state index in [0.29, 0.717) is 5.57 Å². The van der Waals surface area contributed by atoms with Gasteiger partial charge in [-0.3, -0.25) is 4.99 Å². The normalized spacial score (nSPS) is 34.6. The van der Waals surface area contributed by atoms with Crippen LogP contribution in [0.15, 0.2) is 15.6 Å². The van der Waals surface area contributed by atoms with Gasteiger partial charge in [-0.2, -0.15) is 10.5 Å². The van der Waals surface area contributed by atoms with Gasteiger partial charge in [0, 0.05) is 23.8 Å². The van der Waals surface area contributed by atoms with Crippen LogP contribution in [0.25, 0.3) is 0 Å². The molecule has 2 heterocycles. The van der Waals surface area contributed by atoms with Crippen LogP contribution < -0.4 is 10.6 Å². The number of aliphatic imine (C=N–C) groups is 1. The Bertz CT molecular complexity index is 514. The molecule has 100 valence electrons. The van der Waals surface area contributed by atoms with Gasteiger partial charge in [0.1, 0.15) is 11.8 Å². The molecule has 1 saturated heterocycles. The average molecular weight is 275 g/mol. The highest BCUT2D eigenvalue weighted by Crippen LogP contribution is 2.46. The fourth-order valence-corrected chi connectivity index (χ4v) is 3.52. The molecular formula is C13H17N5S. The van der Waals surface area contributed by atoms with Gasteiger partial charge < -0.3 is 23.3 Å². The van der Waals surface area contributed by atoms with Crippen molar-refractivity contribution in [2.45, 2.75) is 19.8 Å². The number of nitrogens with one attached hydrogen (secondary N) is 1. The van der Waals surface area contributed by atoms with Gasteiger partial charge in [0.05, 0.1) is 31.8 Å². The molecule has 1 unspecified atom stereocenters. The van der Waals surface area contributed by atoms with E-state index >= 15 is 0 Å². The summed E-state index contributed by atoms with van der Waals surface area (Å²) in [6.45, 7) is 5.08. The van der Waals surface area contributed by atoms with Crippen molar-refractivity contribution in [3.8, 4) is 12.1 Å². The molecule has 0 aromatic rings. The van der Waals surface area contributed by atoms with E-state index in [-0.39, 0.29) is 10.9 Å². The number of hydrogen-bond acceptors (Lipinski definition) is 5. The van der Waals surface area contributed by atoms with Crippen LogP contribution in [0.3, 0.4) is 0 Å². The van der Waals surface area contributed by atoms with Crippen LogP contribution in [0.4, 0.5) is 0 Å². The summed E-state index contributed by atoms with van der Waals surface area (Å²) in [5, 5.41) is 19.1. The summed E-state index contributed by atoms with van der Waals surface area (Å²) < 4.78 is 0. The van der Waals surface area contributed by atoms with E-state index in [0.717, 1.165) is 32.5 Å². The van der Waals surface area contributed by atoms with Gasteiger partial charge in [-0.15, -0.1) is 0 Å². The molecule has 1 atom stereocenters. The second-order valence-corrected chi connectivity index (χ2v) is 5.54. The number of nitriles is 2. The number of piperidine rings is 1. The average Bonchev–Trinajstić information content (AvgIpc) is 2.40. The zero-order valence-corrected chi connectivity index (χ0v) is 11.8. The summed E-state index contributed by atoms with van der Waals surface area (Å²) in [6, 6.07) is 4.42. The van der Waals surface area contributed by atoms with Crippen LogP contribution in [0.5, 0.6) is 0 Å². The quantitative estimate of drug-likeness (QED) is 0.629. The minimum absolute atomic E-state index is 0.270. The Morgan fingerprint density at radius 1 is 1.47 bits per heavy atom. The predicted octanol–water partition coefficient (Wildman–Crippen LogP) is -0.536. The molecule has 19 heavy (non-hydrogen) atoms. The summed E-state index contributed by atoms with van der Waals surface area (Å²) >= 11 is 5.17. The van der Waals surface area contributed by atoms with E-state index in [4.69, 9.17) is 18.4 Å². The number of rotatable bonds is 1. The number of nitrogens with zero attached hydrogens (tertiary/aromatic N) is 3. The fraction of sp³-hybridized carbons (Fsp3) is 0.615. The largest absolute Gasteiger partial charge is 0.759 e. The topological polar surface area (TPSA) is 90.4 Å². The van der Waals surface area contributed by atoms with Crippen molar-refractivity contribution in [3.63, 3.8) is 0 Å². The predicted molar refractivity (Wildman–Crippen MR) is 73.6 cm³/mol. The van der Waals surface area contributed by atoms with Crippen LogP contribution in [0.1, 0.15) is 19.8 Å². The van der Waals surface area contributed by atoms with Crippen molar-refractivity contribution >= 4 is 18.5 Å². The smallest absolute Gasteiger partial charge is 0.115 e. The fourth-order valence-electron chi connectivity index (χ4n) is 3.17. The van der Waals surface area contributed by atoms with Crippen molar-refractivity contribution in [3.05, 3.63) is 10.6 Å². The van der Waals surface area contributed by atoms with Gasteiger partial charge in [0.2, 0.25) is 0 Å². The molecule has 0 saturated carbocycles. The van der Waals surface area contributed by atoms with Gasteiger partial charge in [-0.25, -0.2) is 0 Å². The first-order valence-electron chi connectivity index (χ1n) is 6.48. The number of amidine groups is 1. The molecule has 0 amide bonds. The lowest BCUT2D eigenvalue weighted by Crippen LogP contribution is -3.13. The molecule has 0 bridgehead atoms. The van der Waals surface area contributed by atoms with E-state index in [9.17, 15) is 10.5 Å². The first-order valence-corrected chi connectivity index (χ1v) is 6.89. The van der Waals surface area contributed by atoms with E-state index in [1.54, 1.807) is 0 Å². The maximum atomic E-state index is 9.42. The third-order valence-electron chi connectivity index (χ3n) is 4.38. The van der Waals surface area contributed by atoms with Gasteiger partial charge >= 0.3 is 0 Å². The first-order chi connectivity index (χ1) is 9.08. The Kier molecular flexibility index (Phi) is 3.75. The van der Waals surface area contributed by atoms with Crippen LogP contribution >= 0.6 is 0 Å². The Hall–Kier alpha value is -1.63. The second kappa shape index (κ2) is 5.16. The van der Waals surface area contributed by atoms with Crippen LogP contribution in [0.2, 0.25) is 0 Å². The summed E-state index contributed by atoms with van der Waals surface area (Å²) in [7, 11) is 0. The monoisotopic (exact) mass is 275 g/mol. The van der Waals surface area contributed by atoms with Crippen molar-refractivity contribution in [1.29, 1.82) is 10.5 Å². The lowest BCUT2D eigenvalue weighted by atomic mass is 9.63. The van der Waals surface area contributed by atoms with E-state index in [1.807, 2.05) is 0 Å². The van der Waals surface area contributed by atoms with E-state index in [1.165, 1.54) is 4.90 Å². The second-order valence-electron chi connectivity index (χ2n) is 5.15. The number of likely N-dealkylation sites (tertiary alicyclic amines) is 1. The molecule has 6 heteroatoms. The number of nitrogens with two attached hydrogens (primary N) is 1. The molecule has 0 aromatic carbocycles. The molecule has 1 spiro atoms. The number of quaternary nitrogens is 1. The standard InChI is InChI=1S/C13H17N5S/c1-2-18-5-3-13(4-6-18)9(7-14)11(16)17-12(19)10(13)8-15/h9,19H,2-6H2,1H3,(H2,16,17). The third-order valence-corrected chi connectivity index (χ3v) is 4.68. The Morgan fingerprint density at radius 2 is 2.11 bits per heavy atom. The first kappa shape index (κ1) is 13.8. The Balaban J connectivity index is 2.44. The highest BCUT2D eigenvalue weighted by molar-refractivity contribution is 7.63. The minimum atomic E-state index is -0.521. The van der Waals surface area contributed by atoms with Crippen molar-refractivity contribution in [2.24, 2.45) is 22.1 Å². The zero-order valence-electron chi connectivity index (χ0n) is 10.9. The lowest BCUT2D eigenvalue weighted by molar-refractivity contribution is -0.905. The molecule has 3 N–H and O–H groups in total. The summed E-state index contributed by atoms with van der Waals surface area (Å²) in [5.74, 6) is -0.251. The number of hydrogen-bond donors (Lipinski definition) is 2. The Morgan fingerprint density at radius 3 is 2.58 bits per heavy atom. The zero-order chi connectivity index (χ0) is 14.0. The van der Waals surface area contributed by atoms with Gasteiger partial charge in [0.15, 0.2) is 0 Å². The van der Waals surface area contributed by atoms with Gasteiger partial charge in [-0.1, -0.05) is 5.03 Å². The molecule has 2 rings (SSSR count). The molecule has 2 aliphatic heterocycles. The summed E-state index contributed by atoms with van der Waals surface area (Å²) in [4.78, 5) is 5.51. The molecule has 2 aliphatic rings. The number of allylic oxidation sites excluding steroid dienone is 1. The third kappa shape index (κ3) is 2.07. The van der Waals surface area contributed by atoms with Crippen LogP contribution in [-0.2, 0) is 12.6 Å². The van der Waals surface area contributed by atoms with E-state index in [2.05, 4.69) is 24.1 Å². The SMILES string of the molecule is CC[NH+]1CCC2(CC1)C(C#N)=C([S-])N=C(N)C2C#N. The molecule has 0 radical (unpaired) electrons. The van der Waals surface area contributed by atoms with Gasteiger partial charge in [0.25, 0.3) is 0 Å². The van der Waals surface area contributed by atoms with Crippen molar-refractivity contribution in [1.82, 2.24) is 0 Å². The van der Waals surface area contributed by atoms with Crippen LogP contribution in [0, 0.1) is 34.0 Å². The maximum absolute atomic E-state index is 9.42. The highest BCUT2D eigenvalue weighted by atomic mass is 32.1. The highest BCUT2D eigenvalue weighted by Gasteiger charge is 2.49. The lowest BCUT2D eigenvalue weighted by Gasteiger charge is -2.45. The molecule has 1 fully saturated rings. The van der Waals surface area contributed by atoms with Crippen molar-refractivity contribution in [2.75, 3.05) is 19.6 Å². The maximum Gasteiger partial charge on any atom is 0.115 e. The van der Waals surface area contributed by atoms with E-state index < -0.39 is 11.3 Å². The molecule has 0 aromatic heterocycles. The van der Waals surface area contributed by atoms with Gasteiger partial charge in [-0.05, 0) is 6.92 Å². The summed E-state index contributed by atoms with van der Waals surface area (Å²) in [6.07, 6.45) is 1.54. The molecule has 0 aliphatic carbocycles. The van der Waals surface area contributed by atoms with Crippen molar-refractivity contribution < 1.29 is 4.90 Å². The summed E-state index contributed by atoms with van der Waals surface area (Å²) in [5.41, 5.74) is 5.86. The molecular weight excluding hydrogens is 258 g/mol. The Labute approximate surface area is 118 Å². The van der Waals surface area contributed by atoms with Crippen LogP contribution in [-0.4, -0.2) is 25.5 Å². The molecule has 5 nitrogen and oxygen atoms in total.